The zero-order valence-electron chi connectivity index (χ0n) is 17.1. The van der Waals surface area contributed by atoms with E-state index in [2.05, 4.69) is 26.1 Å². The summed E-state index contributed by atoms with van der Waals surface area (Å²) in [6, 6.07) is 21.6. The molecule has 0 aromatic heterocycles. The highest BCUT2D eigenvalue weighted by Gasteiger charge is 2.34. The Morgan fingerprint density at radius 2 is 1.67 bits per heavy atom. The maximum atomic E-state index is 13.5. The summed E-state index contributed by atoms with van der Waals surface area (Å²) in [6.07, 6.45) is -0.562. The molecule has 6 nitrogen and oxygen atoms in total. The number of carbonyl (C=O) groups excluding carboxylic acids is 1. The number of nitrogens with one attached hydrogen (secondary N) is 1. The molecule has 0 unspecified atom stereocenters. The van der Waals surface area contributed by atoms with Crippen LogP contribution in [-0.4, -0.2) is 10.8 Å². The zero-order valence-corrected chi connectivity index (χ0v) is 17.1. The van der Waals surface area contributed by atoms with Crippen LogP contribution in [0.1, 0.15) is 48.4 Å². The van der Waals surface area contributed by atoms with Crippen molar-refractivity contribution in [1.29, 1.82) is 0 Å². The van der Waals surface area contributed by atoms with Gasteiger partial charge in [0.25, 0.3) is 11.6 Å². The summed E-state index contributed by atoms with van der Waals surface area (Å²) < 4.78 is 0. The van der Waals surface area contributed by atoms with Crippen LogP contribution in [0.4, 0.5) is 17.1 Å². The van der Waals surface area contributed by atoms with Crippen molar-refractivity contribution in [2.24, 2.45) is 0 Å². The molecule has 0 spiro atoms. The van der Waals surface area contributed by atoms with E-state index >= 15 is 0 Å². The van der Waals surface area contributed by atoms with E-state index in [0.717, 1.165) is 11.3 Å². The molecule has 1 aliphatic rings. The van der Waals surface area contributed by atoms with E-state index in [1.807, 2.05) is 42.5 Å². The van der Waals surface area contributed by atoms with Crippen LogP contribution in [0.2, 0.25) is 0 Å². The SMILES string of the molecule is CC(C)(C)c1ccc(N2C(=O)c3ccccc3N[C@@H]2c2cccc([N+](=O)[O-])c2)cc1. The lowest BCUT2D eigenvalue weighted by Gasteiger charge is -2.38. The number of amides is 1. The predicted octanol–water partition coefficient (Wildman–Crippen LogP) is 5.66. The maximum Gasteiger partial charge on any atom is 0.269 e. The third kappa shape index (κ3) is 3.52. The van der Waals surface area contributed by atoms with Gasteiger partial charge >= 0.3 is 0 Å². The molecule has 0 saturated carbocycles. The number of hydrogen-bond donors (Lipinski definition) is 1. The molecule has 152 valence electrons. The first kappa shape index (κ1) is 19.6. The highest BCUT2D eigenvalue weighted by Crippen LogP contribution is 2.38. The number of benzene rings is 3. The minimum absolute atomic E-state index is 0.00523. The van der Waals surface area contributed by atoms with Gasteiger partial charge < -0.3 is 5.32 Å². The van der Waals surface area contributed by atoms with Crippen LogP contribution >= 0.6 is 0 Å². The predicted molar refractivity (Wildman–Crippen MR) is 118 cm³/mol. The van der Waals surface area contributed by atoms with Crippen LogP contribution in [0, 0.1) is 10.1 Å². The van der Waals surface area contributed by atoms with Crippen LogP contribution in [0.25, 0.3) is 0 Å². The normalized spacial score (nSPS) is 16.0. The van der Waals surface area contributed by atoms with Crippen LogP contribution in [0.5, 0.6) is 0 Å². The smallest absolute Gasteiger partial charge is 0.269 e. The molecule has 0 saturated heterocycles. The first-order valence-electron chi connectivity index (χ1n) is 9.80. The van der Waals surface area contributed by atoms with E-state index in [1.165, 1.54) is 12.1 Å². The van der Waals surface area contributed by atoms with E-state index in [1.54, 1.807) is 23.1 Å². The Morgan fingerprint density at radius 3 is 2.33 bits per heavy atom. The largest absolute Gasteiger partial charge is 0.360 e. The molecule has 1 N–H and O–H groups in total. The van der Waals surface area contributed by atoms with E-state index in [-0.39, 0.29) is 17.0 Å². The average molecular weight is 401 g/mol. The number of non-ortho nitro benzene ring substituents is 1. The first-order valence-corrected chi connectivity index (χ1v) is 9.80. The Kier molecular flexibility index (Phi) is 4.78. The van der Waals surface area contributed by atoms with Crippen molar-refractivity contribution >= 4 is 23.0 Å². The molecule has 4 rings (SSSR count). The molecule has 0 radical (unpaired) electrons. The number of rotatable bonds is 3. The van der Waals surface area contributed by atoms with Gasteiger partial charge in [-0.2, -0.15) is 0 Å². The fourth-order valence-corrected chi connectivity index (χ4v) is 3.68. The third-order valence-corrected chi connectivity index (χ3v) is 5.33. The van der Waals surface area contributed by atoms with Gasteiger partial charge in [0.2, 0.25) is 0 Å². The van der Waals surface area contributed by atoms with Crippen molar-refractivity contribution in [3.05, 3.63) is 99.6 Å². The summed E-state index contributed by atoms with van der Waals surface area (Å²) in [5.74, 6) is -0.149. The maximum absolute atomic E-state index is 13.5. The van der Waals surface area contributed by atoms with Gasteiger partial charge in [0, 0.05) is 29.1 Å². The second kappa shape index (κ2) is 7.30. The fourth-order valence-electron chi connectivity index (χ4n) is 3.68. The Morgan fingerprint density at radius 1 is 0.967 bits per heavy atom. The second-order valence-corrected chi connectivity index (χ2v) is 8.42. The van der Waals surface area contributed by atoms with E-state index in [4.69, 9.17) is 0 Å². The summed E-state index contributed by atoms with van der Waals surface area (Å²) in [4.78, 5) is 26.0. The van der Waals surface area contributed by atoms with Crippen LogP contribution in [-0.2, 0) is 5.41 Å². The summed E-state index contributed by atoms with van der Waals surface area (Å²) in [6.45, 7) is 6.41. The molecular weight excluding hydrogens is 378 g/mol. The molecule has 1 aliphatic heterocycles. The van der Waals surface area contributed by atoms with Crippen molar-refractivity contribution in [2.45, 2.75) is 32.4 Å². The summed E-state index contributed by atoms with van der Waals surface area (Å²) in [5, 5.41) is 14.7. The number of nitro groups is 1. The average Bonchev–Trinajstić information content (AvgIpc) is 2.73. The summed E-state index contributed by atoms with van der Waals surface area (Å²) in [7, 11) is 0. The minimum Gasteiger partial charge on any atom is -0.360 e. The lowest BCUT2D eigenvalue weighted by atomic mass is 9.87. The van der Waals surface area contributed by atoms with E-state index < -0.39 is 11.1 Å². The fraction of sp³-hybridized carbons (Fsp3) is 0.208. The molecule has 1 heterocycles. The van der Waals surface area contributed by atoms with Crippen molar-refractivity contribution < 1.29 is 9.72 Å². The molecule has 1 atom stereocenters. The Bertz CT molecular complexity index is 1120. The Labute approximate surface area is 175 Å². The van der Waals surface area contributed by atoms with E-state index in [0.29, 0.717) is 16.8 Å². The lowest BCUT2D eigenvalue weighted by molar-refractivity contribution is -0.384. The van der Waals surface area contributed by atoms with Crippen molar-refractivity contribution in [3.8, 4) is 0 Å². The van der Waals surface area contributed by atoms with Gasteiger partial charge in [-0.25, -0.2) is 0 Å². The number of anilines is 2. The van der Waals surface area contributed by atoms with Crippen LogP contribution in [0.15, 0.2) is 72.8 Å². The highest BCUT2D eigenvalue weighted by atomic mass is 16.6. The van der Waals surface area contributed by atoms with Crippen LogP contribution in [0.3, 0.4) is 0 Å². The number of nitro benzene ring substituents is 1. The summed E-state index contributed by atoms with van der Waals surface area (Å²) >= 11 is 0. The molecule has 6 heteroatoms. The van der Waals surface area contributed by atoms with Gasteiger partial charge in [0.15, 0.2) is 0 Å². The monoisotopic (exact) mass is 401 g/mol. The van der Waals surface area contributed by atoms with Gasteiger partial charge in [-0.3, -0.25) is 19.8 Å². The number of para-hydroxylation sites is 1. The topological polar surface area (TPSA) is 75.5 Å². The minimum atomic E-state index is -0.562. The van der Waals surface area contributed by atoms with Crippen molar-refractivity contribution in [2.75, 3.05) is 10.2 Å². The Balaban J connectivity index is 1.83. The van der Waals surface area contributed by atoms with Gasteiger partial charge in [-0.15, -0.1) is 0 Å². The molecule has 0 bridgehead atoms. The molecule has 3 aromatic rings. The van der Waals surface area contributed by atoms with Gasteiger partial charge in [0.05, 0.1) is 10.5 Å². The Hall–Kier alpha value is -3.67. The molecule has 0 fully saturated rings. The standard InChI is InChI=1S/C24H23N3O3/c1-24(2,3)17-11-13-18(14-12-17)26-22(16-7-6-8-19(15-16)27(29)30)25-21-10-5-4-9-20(21)23(26)28/h4-15,22,25H,1-3H3/t22-/m0/s1. The third-order valence-electron chi connectivity index (χ3n) is 5.33. The number of nitrogens with zero attached hydrogens (tertiary/aromatic N) is 2. The molecule has 3 aromatic carbocycles. The molecular formula is C24H23N3O3. The zero-order chi connectivity index (χ0) is 21.5. The highest BCUT2D eigenvalue weighted by molar-refractivity contribution is 6.12. The van der Waals surface area contributed by atoms with Gasteiger partial charge in [0.1, 0.15) is 6.17 Å². The molecule has 30 heavy (non-hydrogen) atoms. The number of hydrogen-bond acceptors (Lipinski definition) is 4. The van der Waals surface area contributed by atoms with Gasteiger partial charge in [-0.1, -0.05) is 57.2 Å². The van der Waals surface area contributed by atoms with Crippen LogP contribution < -0.4 is 10.2 Å². The number of fused-ring (bicyclic) bond motifs is 1. The lowest BCUT2D eigenvalue weighted by Crippen LogP contribution is -2.43. The van der Waals surface area contributed by atoms with Crippen molar-refractivity contribution in [3.63, 3.8) is 0 Å². The quantitative estimate of drug-likeness (QED) is 0.454. The second-order valence-electron chi connectivity index (χ2n) is 8.42. The van der Waals surface area contributed by atoms with Crippen molar-refractivity contribution in [1.82, 2.24) is 0 Å². The van der Waals surface area contributed by atoms with Gasteiger partial charge in [-0.05, 0) is 35.2 Å². The number of carbonyl (C=O) groups is 1. The molecule has 0 aliphatic carbocycles. The van der Waals surface area contributed by atoms with E-state index in [9.17, 15) is 14.9 Å². The molecule has 1 amide bonds. The summed E-state index contributed by atoms with van der Waals surface area (Å²) in [5.41, 5.74) is 3.80. The first-order chi connectivity index (χ1) is 14.3.